The van der Waals surface area contributed by atoms with Gasteiger partial charge in [0.1, 0.15) is 6.61 Å². The van der Waals surface area contributed by atoms with Gasteiger partial charge in [-0.25, -0.2) is 4.57 Å². The van der Waals surface area contributed by atoms with Crippen LogP contribution in [0.25, 0.3) is 0 Å². The van der Waals surface area contributed by atoms with E-state index in [2.05, 4.69) is 26.0 Å². The number of esters is 2. The predicted octanol–water partition coefficient (Wildman–Crippen LogP) is 20.8. The van der Waals surface area contributed by atoms with E-state index in [-0.39, 0.29) is 38.6 Å². The summed E-state index contributed by atoms with van der Waals surface area (Å²) in [5.41, 5.74) is 5.39. The molecule has 2 atom stereocenters. The maximum Gasteiger partial charge on any atom is 0.472 e. The summed E-state index contributed by atoms with van der Waals surface area (Å²) in [5.74, 6) is -0.802. The third-order valence-corrected chi connectivity index (χ3v) is 15.9. The monoisotopic (exact) mass is 1070 g/mol. The van der Waals surface area contributed by atoms with Crippen LogP contribution < -0.4 is 5.73 Å². The Morgan fingerprint density at radius 2 is 0.662 bits per heavy atom. The Labute approximate surface area is 460 Å². The first-order valence-electron chi connectivity index (χ1n) is 32.7. The fraction of sp³-hybridized carbons (Fsp3) is 0.938. The summed E-state index contributed by atoms with van der Waals surface area (Å²) in [6.07, 6.45) is 71.6. The number of allylic oxidation sites excluding steroid dienone is 2. The SMILES string of the molecule is CCCCCCCCCC/C=C\CCCCCCCCCCCCCCCCCCCCCCCC(=O)OC(COC(=O)CCCCCCCCCCCCCCCCCCCCCC)COP(=O)(O)OCCN. The van der Waals surface area contributed by atoms with Gasteiger partial charge in [0.15, 0.2) is 6.10 Å². The highest BCUT2D eigenvalue weighted by atomic mass is 31.2. The Hall–Kier alpha value is -1.25. The molecule has 0 bridgehead atoms. The standard InChI is InChI=1S/C64H126NO8P/c1-3-5-7-9-11-13-15-17-19-21-23-25-26-27-28-29-30-31-32-33-34-35-36-37-39-41-43-45-47-49-51-53-55-57-64(67)73-62(61-72-74(68,69)71-59-58-65)60-70-63(66)56-54-52-50-48-46-44-42-40-38-24-22-20-18-16-14-12-10-8-6-4-2/h21,23,62H,3-20,22,24-61,65H2,1-2H3,(H,68,69)/b23-21-. The Morgan fingerprint density at radius 1 is 0.392 bits per heavy atom. The number of hydrogen-bond acceptors (Lipinski definition) is 8. The molecule has 0 amide bonds. The van der Waals surface area contributed by atoms with Crippen LogP contribution in [-0.4, -0.2) is 49.3 Å². The average molecular weight is 1070 g/mol. The second-order valence-corrected chi connectivity index (χ2v) is 23.8. The number of ether oxygens (including phenoxy) is 2. The molecule has 0 spiro atoms. The molecule has 0 fully saturated rings. The highest BCUT2D eigenvalue weighted by molar-refractivity contribution is 7.47. The van der Waals surface area contributed by atoms with Crippen LogP contribution in [0.1, 0.15) is 354 Å². The van der Waals surface area contributed by atoms with Gasteiger partial charge in [0.05, 0.1) is 13.2 Å². The van der Waals surface area contributed by atoms with E-state index < -0.39 is 26.5 Å². The van der Waals surface area contributed by atoms with Gasteiger partial charge in [-0.05, 0) is 38.5 Å². The van der Waals surface area contributed by atoms with Crippen molar-refractivity contribution in [2.75, 3.05) is 26.4 Å². The van der Waals surface area contributed by atoms with Gasteiger partial charge in [-0.3, -0.25) is 18.6 Å². The minimum absolute atomic E-state index is 0.0578. The highest BCUT2D eigenvalue weighted by Crippen LogP contribution is 2.43. The molecule has 0 saturated heterocycles. The maximum absolute atomic E-state index is 12.7. The number of nitrogens with two attached hydrogens (primary N) is 1. The van der Waals surface area contributed by atoms with Crippen LogP contribution in [0.5, 0.6) is 0 Å². The zero-order chi connectivity index (χ0) is 53.8. The summed E-state index contributed by atoms with van der Waals surface area (Å²) in [7, 11) is -4.38. The zero-order valence-corrected chi connectivity index (χ0v) is 50.3. The molecule has 74 heavy (non-hydrogen) atoms. The van der Waals surface area contributed by atoms with Gasteiger partial charge in [-0.1, -0.05) is 315 Å². The molecule has 0 saturated carbocycles. The molecule has 0 heterocycles. The van der Waals surface area contributed by atoms with Crippen LogP contribution in [0, 0.1) is 0 Å². The lowest BCUT2D eigenvalue weighted by Gasteiger charge is -2.19. The fourth-order valence-electron chi connectivity index (χ4n) is 10.0. The highest BCUT2D eigenvalue weighted by Gasteiger charge is 2.26. The molecule has 0 rings (SSSR count). The van der Waals surface area contributed by atoms with Crippen LogP contribution in [0.2, 0.25) is 0 Å². The molecule has 0 aliphatic heterocycles. The van der Waals surface area contributed by atoms with E-state index in [9.17, 15) is 19.0 Å². The molecule has 0 aliphatic rings. The molecule has 2 unspecified atom stereocenters. The van der Waals surface area contributed by atoms with Gasteiger partial charge in [0.25, 0.3) is 0 Å². The number of hydrogen-bond donors (Lipinski definition) is 2. The van der Waals surface area contributed by atoms with Gasteiger partial charge in [-0.15, -0.1) is 0 Å². The molecular weight excluding hydrogens is 942 g/mol. The van der Waals surface area contributed by atoms with Crippen molar-refractivity contribution in [3.63, 3.8) is 0 Å². The first kappa shape index (κ1) is 72.8. The summed E-state index contributed by atoms with van der Waals surface area (Å²) in [6, 6.07) is 0. The van der Waals surface area contributed by atoms with Crippen LogP contribution in [0.4, 0.5) is 0 Å². The Kier molecular flexibility index (Phi) is 59.9. The van der Waals surface area contributed by atoms with Crippen molar-refractivity contribution < 1.29 is 37.6 Å². The van der Waals surface area contributed by atoms with E-state index in [1.165, 1.54) is 289 Å². The summed E-state index contributed by atoms with van der Waals surface area (Å²) in [5, 5.41) is 0. The minimum Gasteiger partial charge on any atom is -0.462 e. The van der Waals surface area contributed by atoms with E-state index in [1.807, 2.05) is 0 Å². The van der Waals surface area contributed by atoms with Gasteiger partial charge < -0.3 is 20.1 Å². The van der Waals surface area contributed by atoms with E-state index in [0.29, 0.717) is 6.42 Å². The number of carbonyl (C=O) groups excluding carboxylic acids is 2. The lowest BCUT2D eigenvalue weighted by Crippen LogP contribution is -2.29. The molecular formula is C64H126NO8P. The lowest BCUT2D eigenvalue weighted by molar-refractivity contribution is -0.161. The average Bonchev–Trinajstić information content (AvgIpc) is 3.39. The Bertz CT molecular complexity index is 1220. The van der Waals surface area contributed by atoms with E-state index in [0.717, 1.165) is 32.1 Å². The molecule has 0 radical (unpaired) electrons. The quantitative estimate of drug-likeness (QED) is 0.0264. The third-order valence-electron chi connectivity index (χ3n) is 14.9. The number of unbranched alkanes of at least 4 members (excludes halogenated alkanes) is 48. The van der Waals surface area contributed by atoms with E-state index in [4.69, 9.17) is 24.3 Å². The molecule has 440 valence electrons. The summed E-state index contributed by atoms with van der Waals surface area (Å²) in [6.45, 7) is 3.82. The molecule has 9 nitrogen and oxygen atoms in total. The second kappa shape index (κ2) is 61.0. The fourth-order valence-corrected chi connectivity index (χ4v) is 10.8. The lowest BCUT2D eigenvalue weighted by atomic mass is 10.0. The molecule has 0 aliphatic carbocycles. The summed E-state index contributed by atoms with van der Waals surface area (Å²) in [4.78, 5) is 35.3. The molecule has 3 N–H and O–H groups in total. The largest absolute Gasteiger partial charge is 0.472 e. The van der Waals surface area contributed by atoms with Crippen molar-refractivity contribution >= 4 is 19.8 Å². The Morgan fingerprint density at radius 3 is 0.959 bits per heavy atom. The first-order valence-corrected chi connectivity index (χ1v) is 34.2. The van der Waals surface area contributed by atoms with Crippen molar-refractivity contribution in [1.29, 1.82) is 0 Å². The number of rotatable bonds is 63. The van der Waals surface area contributed by atoms with Gasteiger partial charge in [0.2, 0.25) is 0 Å². The van der Waals surface area contributed by atoms with Crippen LogP contribution >= 0.6 is 7.82 Å². The predicted molar refractivity (Wildman–Crippen MR) is 317 cm³/mol. The maximum atomic E-state index is 12.7. The van der Waals surface area contributed by atoms with Gasteiger partial charge in [-0.2, -0.15) is 0 Å². The minimum atomic E-state index is -4.38. The first-order chi connectivity index (χ1) is 36.3. The second-order valence-electron chi connectivity index (χ2n) is 22.3. The molecule has 0 aromatic carbocycles. The van der Waals surface area contributed by atoms with Crippen molar-refractivity contribution in [2.45, 2.75) is 360 Å². The smallest absolute Gasteiger partial charge is 0.462 e. The van der Waals surface area contributed by atoms with Crippen LogP contribution in [-0.2, 0) is 32.7 Å². The topological polar surface area (TPSA) is 134 Å². The molecule has 0 aromatic rings. The normalized spacial score (nSPS) is 13.0. The number of phosphoric ester groups is 1. The van der Waals surface area contributed by atoms with E-state index in [1.54, 1.807) is 0 Å². The number of phosphoric acid groups is 1. The van der Waals surface area contributed by atoms with Crippen LogP contribution in [0.15, 0.2) is 12.2 Å². The zero-order valence-electron chi connectivity index (χ0n) is 49.4. The van der Waals surface area contributed by atoms with Crippen molar-refractivity contribution in [3.8, 4) is 0 Å². The van der Waals surface area contributed by atoms with Crippen molar-refractivity contribution in [3.05, 3.63) is 12.2 Å². The van der Waals surface area contributed by atoms with Crippen LogP contribution in [0.3, 0.4) is 0 Å². The molecule has 0 aromatic heterocycles. The number of carbonyl (C=O) groups is 2. The van der Waals surface area contributed by atoms with Crippen molar-refractivity contribution in [1.82, 2.24) is 0 Å². The third kappa shape index (κ3) is 60.0. The van der Waals surface area contributed by atoms with Crippen molar-refractivity contribution in [2.24, 2.45) is 5.73 Å². The summed E-state index contributed by atoms with van der Waals surface area (Å²) >= 11 is 0. The molecule has 10 heteroatoms. The van der Waals surface area contributed by atoms with Gasteiger partial charge >= 0.3 is 19.8 Å². The Balaban J connectivity index is 3.81. The van der Waals surface area contributed by atoms with Gasteiger partial charge in [0, 0.05) is 19.4 Å². The summed E-state index contributed by atoms with van der Waals surface area (Å²) < 4.78 is 33.1. The van der Waals surface area contributed by atoms with E-state index >= 15 is 0 Å².